The quantitative estimate of drug-likeness (QED) is 0.850. The molecule has 0 radical (unpaired) electrons. The van der Waals surface area contributed by atoms with Gasteiger partial charge in [0.15, 0.2) is 0 Å². The van der Waals surface area contributed by atoms with Crippen LogP contribution in [0.3, 0.4) is 0 Å². The fourth-order valence-corrected chi connectivity index (χ4v) is 3.07. The zero-order chi connectivity index (χ0) is 19.1. The molecule has 3 rings (SSSR count). The Labute approximate surface area is 158 Å². The molecule has 0 aromatic heterocycles. The number of rotatable bonds is 4. The van der Waals surface area contributed by atoms with Gasteiger partial charge in [0.2, 0.25) is 11.8 Å². The van der Waals surface area contributed by atoms with Gasteiger partial charge in [0.1, 0.15) is 0 Å². The second-order valence-electron chi connectivity index (χ2n) is 6.52. The molecule has 0 spiro atoms. The van der Waals surface area contributed by atoms with Crippen molar-refractivity contribution in [2.45, 2.75) is 12.8 Å². The number of hydrogen-bond donors (Lipinski definition) is 1. The zero-order valence-corrected chi connectivity index (χ0v) is 15.0. The molecule has 136 valence electrons. The van der Waals surface area contributed by atoms with Crippen LogP contribution >= 0.6 is 0 Å². The highest BCUT2D eigenvalue weighted by Crippen LogP contribution is 2.20. The second kappa shape index (κ2) is 8.81. The molecule has 1 aliphatic heterocycles. The Morgan fingerprint density at radius 1 is 1.04 bits per heavy atom. The lowest BCUT2D eigenvalue weighted by Gasteiger charge is -2.30. The average molecular weight is 359 g/mol. The summed E-state index contributed by atoms with van der Waals surface area (Å²) < 4.78 is 0. The number of nitrogens with zero attached hydrogens (tertiary/aromatic N) is 2. The smallest absolute Gasteiger partial charge is 0.246 e. The lowest BCUT2D eigenvalue weighted by molar-refractivity contribution is -0.130. The van der Waals surface area contributed by atoms with Crippen LogP contribution in [0.5, 0.6) is 0 Å². The van der Waals surface area contributed by atoms with Crippen LogP contribution in [-0.2, 0) is 9.59 Å². The molecule has 0 atom stereocenters. The molecule has 5 nitrogen and oxygen atoms in total. The lowest BCUT2D eigenvalue weighted by atomic mass is 9.95. The lowest BCUT2D eigenvalue weighted by Crippen LogP contribution is -2.40. The van der Waals surface area contributed by atoms with Crippen molar-refractivity contribution in [2.75, 3.05) is 18.4 Å². The maximum atomic E-state index is 12.4. The number of carbonyl (C=O) groups excluding carboxylic acids is 2. The second-order valence-corrected chi connectivity index (χ2v) is 6.52. The van der Waals surface area contributed by atoms with E-state index in [1.54, 1.807) is 35.2 Å². The summed E-state index contributed by atoms with van der Waals surface area (Å²) in [5.41, 5.74) is 2.23. The van der Waals surface area contributed by atoms with Gasteiger partial charge in [-0.3, -0.25) is 9.59 Å². The molecule has 1 fully saturated rings. The highest BCUT2D eigenvalue weighted by Gasteiger charge is 2.26. The third kappa shape index (κ3) is 5.05. The summed E-state index contributed by atoms with van der Waals surface area (Å²) in [6.45, 7) is 1.15. The standard InChI is InChI=1S/C22H21N3O2/c23-16-18-6-9-20(10-7-18)24-22(27)19-12-14-25(15-13-19)21(26)11-8-17-4-2-1-3-5-17/h1-11,19H,12-15H2,(H,24,27)/b11-8+. The summed E-state index contributed by atoms with van der Waals surface area (Å²) in [6.07, 6.45) is 4.69. The van der Waals surface area contributed by atoms with E-state index in [0.29, 0.717) is 37.2 Å². The Morgan fingerprint density at radius 2 is 1.70 bits per heavy atom. The Morgan fingerprint density at radius 3 is 2.33 bits per heavy atom. The van der Waals surface area contributed by atoms with Gasteiger partial charge >= 0.3 is 0 Å². The first-order chi connectivity index (χ1) is 13.2. The number of amides is 2. The minimum absolute atomic E-state index is 0.0233. The van der Waals surface area contributed by atoms with E-state index in [1.807, 2.05) is 36.4 Å². The van der Waals surface area contributed by atoms with Crippen LogP contribution < -0.4 is 5.32 Å². The summed E-state index contributed by atoms with van der Waals surface area (Å²) in [5.74, 6) is -0.167. The van der Waals surface area contributed by atoms with Crippen LogP contribution in [0.15, 0.2) is 60.7 Å². The van der Waals surface area contributed by atoms with E-state index < -0.39 is 0 Å². The van der Waals surface area contributed by atoms with Crippen LogP contribution in [0.1, 0.15) is 24.0 Å². The fourth-order valence-electron chi connectivity index (χ4n) is 3.07. The number of carbonyl (C=O) groups is 2. The number of nitrogens with one attached hydrogen (secondary N) is 1. The van der Waals surface area contributed by atoms with Gasteiger partial charge < -0.3 is 10.2 Å². The summed E-state index contributed by atoms with van der Waals surface area (Å²) in [6, 6.07) is 18.6. The third-order valence-corrected chi connectivity index (χ3v) is 4.68. The summed E-state index contributed by atoms with van der Waals surface area (Å²) in [7, 11) is 0. The van der Waals surface area contributed by atoms with Gasteiger partial charge in [0.25, 0.3) is 0 Å². The molecule has 2 aromatic rings. The van der Waals surface area contributed by atoms with E-state index in [4.69, 9.17) is 5.26 Å². The molecule has 1 heterocycles. The molecule has 27 heavy (non-hydrogen) atoms. The molecule has 0 saturated carbocycles. The van der Waals surface area contributed by atoms with Gasteiger partial charge in [-0.2, -0.15) is 5.26 Å². The molecule has 1 aliphatic rings. The van der Waals surface area contributed by atoms with Crippen molar-refractivity contribution in [3.63, 3.8) is 0 Å². The highest BCUT2D eigenvalue weighted by molar-refractivity contribution is 5.94. The zero-order valence-electron chi connectivity index (χ0n) is 15.0. The molecule has 1 N–H and O–H groups in total. The Balaban J connectivity index is 1.49. The van der Waals surface area contributed by atoms with Crippen molar-refractivity contribution in [3.05, 3.63) is 71.8 Å². The molecular weight excluding hydrogens is 338 g/mol. The van der Waals surface area contributed by atoms with E-state index in [0.717, 1.165) is 5.56 Å². The van der Waals surface area contributed by atoms with Crippen LogP contribution in [0.25, 0.3) is 6.08 Å². The monoisotopic (exact) mass is 359 g/mol. The molecule has 0 bridgehead atoms. The van der Waals surface area contributed by atoms with E-state index >= 15 is 0 Å². The van der Waals surface area contributed by atoms with Gasteiger partial charge in [-0.1, -0.05) is 30.3 Å². The summed E-state index contributed by atoms with van der Waals surface area (Å²) in [4.78, 5) is 26.5. The molecule has 1 saturated heterocycles. The van der Waals surface area contributed by atoms with Crippen LogP contribution in [0.2, 0.25) is 0 Å². The first-order valence-electron chi connectivity index (χ1n) is 8.99. The van der Waals surface area contributed by atoms with Crippen molar-refractivity contribution >= 4 is 23.6 Å². The molecule has 2 aromatic carbocycles. The minimum atomic E-state index is -0.109. The molecule has 2 amide bonds. The Kier molecular flexibility index (Phi) is 6.01. The van der Waals surface area contributed by atoms with Crippen molar-refractivity contribution in [1.82, 2.24) is 4.90 Å². The largest absolute Gasteiger partial charge is 0.339 e. The van der Waals surface area contributed by atoms with Gasteiger partial charge in [-0.15, -0.1) is 0 Å². The van der Waals surface area contributed by atoms with Crippen LogP contribution in [0, 0.1) is 17.2 Å². The van der Waals surface area contributed by atoms with Crippen molar-refractivity contribution < 1.29 is 9.59 Å². The topological polar surface area (TPSA) is 73.2 Å². The van der Waals surface area contributed by atoms with Crippen molar-refractivity contribution in [2.24, 2.45) is 5.92 Å². The average Bonchev–Trinajstić information content (AvgIpc) is 2.73. The number of piperidine rings is 1. The van der Waals surface area contributed by atoms with E-state index in [2.05, 4.69) is 11.4 Å². The van der Waals surface area contributed by atoms with Gasteiger partial charge in [-0.05, 0) is 48.7 Å². The molecule has 0 unspecified atom stereocenters. The first kappa shape index (κ1) is 18.4. The Hall–Kier alpha value is -3.39. The molecular formula is C22H21N3O2. The van der Waals surface area contributed by atoms with Crippen LogP contribution in [0.4, 0.5) is 5.69 Å². The minimum Gasteiger partial charge on any atom is -0.339 e. The first-order valence-corrected chi connectivity index (χ1v) is 8.99. The number of anilines is 1. The predicted molar refractivity (Wildman–Crippen MR) is 105 cm³/mol. The summed E-state index contributed by atoms with van der Waals surface area (Å²) in [5, 5.41) is 11.7. The van der Waals surface area contributed by atoms with E-state index in [1.165, 1.54) is 0 Å². The fraction of sp³-hybridized carbons (Fsp3) is 0.227. The SMILES string of the molecule is N#Cc1ccc(NC(=O)C2CCN(C(=O)/C=C/c3ccccc3)CC2)cc1. The van der Waals surface area contributed by atoms with Gasteiger partial charge in [0, 0.05) is 30.8 Å². The maximum Gasteiger partial charge on any atom is 0.246 e. The van der Waals surface area contributed by atoms with Crippen molar-refractivity contribution in [3.8, 4) is 6.07 Å². The maximum absolute atomic E-state index is 12.4. The summed E-state index contributed by atoms with van der Waals surface area (Å²) >= 11 is 0. The molecule has 5 heteroatoms. The predicted octanol–water partition coefficient (Wildman–Crippen LogP) is 3.45. The van der Waals surface area contributed by atoms with Crippen LogP contribution in [-0.4, -0.2) is 29.8 Å². The van der Waals surface area contributed by atoms with E-state index in [-0.39, 0.29) is 17.7 Å². The highest BCUT2D eigenvalue weighted by atomic mass is 16.2. The third-order valence-electron chi connectivity index (χ3n) is 4.68. The normalized spacial score (nSPS) is 14.7. The van der Waals surface area contributed by atoms with E-state index in [9.17, 15) is 9.59 Å². The van der Waals surface area contributed by atoms with Gasteiger partial charge in [-0.25, -0.2) is 0 Å². The Bertz CT molecular complexity index is 859. The number of hydrogen-bond acceptors (Lipinski definition) is 3. The number of likely N-dealkylation sites (tertiary alicyclic amines) is 1. The van der Waals surface area contributed by atoms with Gasteiger partial charge in [0.05, 0.1) is 11.6 Å². The van der Waals surface area contributed by atoms with Crippen molar-refractivity contribution in [1.29, 1.82) is 5.26 Å². The number of nitriles is 1. The molecule has 0 aliphatic carbocycles. The number of benzene rings is 2.